The zero-order chi connectivity index (χ0) is 13.3. The second kappa shape index (κ2) is 5.27. The fourth-order valence-corrected chi connectivity index (χ4v) is 2.93. The van der Waals surface area contributed by atoms with Gasteiger partial charge in [-0.05, 0) is 60.7 Å². The van der Waals surface area contributed by atoms with Crippen LogP contribution in [0.1, 0.15) is 28.2 Å². The van der Waals surface area contributed by atoms with E-state index in [1.807, 2.05) is 6.92 Å². The zero-order valence-corrected chi connectivity index (χ0v) is 13.0. The average molecular weight is 307 g/mol. The van der Waals surface area contributed by atoms with Gasteiger partial charge >= 0.3 is 0 Å². The van der Waals surface area contributed by atoms with Crippen molar-refractivity contribution in [1.29, 1.82) is 0 Å². The van der Waals surface area contributed by atoms with Crippen LogP contribution in [-0.2, 0) is 19.9 Å². The Morgan fingerprint density at radius 3 is 2.50 bits per heavy atom. The monoisotopic (exact) mass is 306 g/mol. The molecule has 1 aromatic heterocycles. The molecule has 1 aromatic carbocycles. The summed E-state index contributed by atoms with van der Waals surface area (Å²) in [5.41, 5.74) is 5.40. The van der Waals surface area contributed by atoms with Crippen LogP contribution >= 0.6 is 15.9 Å². The summed E-state index contributed by atoms with van der Waals surface area (Å²) in [6.07, 6.45) is 2.08. The highest BCUT2D eigenvalue weighted by atomic mass is 79.9. The normalized spacial score (nSPS) is 10.9. The molecule has 0 atom stereocenters. The van der Waals surface area contributed by atoms with E-state index in [0.717, 1.165) is 23.3 Å². The third kappa shape index (κ3) is 2.66. The largest absolute Gasteiger partial charge is 0.334 e. The van der Waals surface area contributed by atoms with Crippen molar-refractivity contribution in [1.82, 2.24) is 9.55 Å². The van der Waals surface area contributed by atoms with E-state index in [1.165, 1.54) is 22.4 Å². The number of hydrogen-bond acceptors (Lipinski definition) is 1. The van der Waals surface area contributed by atoms with Crippen LogP contribution in [0.4, 0.5) is 0 Å². The van der Waals surface area contributed by atoms with Crippen LogP contribution in [0.25, 0.3) is 0 Å². The van der Waals surface area contributed by atoms with E-state index in [0.29, 0.717) is 0 Å². The van der Waals surface area contributed by atoms with Gasteiger partial charge in [0.2, 0.25) is 0 Å². The summed E-state index contributed by atoms with van der Waals surface area (Å²) in [7, 11) is 2.07. The Labute approximate surface area is 117 Å². The summed E-state index contributed by atoms with van der Waals surface area (Å²) in [6, 6.07) is 6.66. The summed E-state index contributed by atoms with van der Waals surface area (Å²) < 4.78 is 3.14. The minimum atomic E-state index is 0.979. The second-order valence-electron chi connectivity index (χ2n) is 4.89. The highest BCUT2D eigenvalue weighted by molar-refractivity contribution is 9.10. The van der Waals surface area contributed by atoms with Gasteiger partial charge in [0.05, 0.1) is 5.69 Å². The van der Waals surface area contributed by atoms with Crippen LogP contribution in [0, 0.1) is 20.8 Å². The van der Waals surface area contributed by atoms with Crippen molar-refractivity contribution >= 4 is 15.9 Å². The Kier molecular flexibility index (Phi) is 3.91. The van der Waals surface area contributed by atoms with Gasteiger partial charge in [-0.2, -0.15) is 0 Å². The Hall–Kier alpha value is -1.09. The molecule has 0 N–H and O–H groups in total. The highest BCUT2D eigenvalue weighted by Crippen LogP contribution is 2.20. The number of aromatic nitrogens is 2. The lowest BCUT2D eigenvalue weighted by Gasteiger charge is -2.08. The second-order valence-corrected chi connectivity index (χ2v) is 5.64. The molecular formula is C15H19BrN2. The van der Waals surface area contributed by atoms with E-state index in [-0.39, 0.29) is 0 Å². The van der Waals surface area contributed by atoms with Crippen molar-refractivity contribution < 1.29 is 0 Å². The van der Waals surface area contributed by atoms with E-state index in [2.05, 4.69) is 64.6 Å². The van der Waals surface area contributed by atoms with Crippen LogP contribution in [0.2, 0.25) is 0 Å². The van der Waals surface area contributed by atoms with Crippen molar-refractivity contribution in [2.24, 2.45) is 7.05 Å². The first-order chi connectivity index (χ1) is 8.49. The Bertz CT molecular complexity index is 570. The predicted octanol–water partition coefficient (Wildman–Crippen LogP) is 3.89. The molecule has 0 aliphatic heterocycles. The van der Waals surface area contributed by atoms with E-state index in [1.54, 1.807) is 0 Å². The Balaban J connectivity index is 2.19. The molecule has 0 amide bonds. The van der Waals surface area contributed by atoms with Gasteiger partial charge in [0.25, 0.3) is 0 Å². The summed E-state index contributed by atoms with van der Waals surface area (Å²) in [4.78, 5) is 4.44. The molecule has 0 aliphatic rings. The molecule has 0 saturated heterocycles. The van der Waals surface area contributed by atoms with E-state index < -0.39 is 0 Å². The molecule has 0 radical (unpaired) electrons. The summed E-state index contributed by atoms with van der Waals surface area (Å²) in [6.45, 7) is 6.36. The van der Waals surface area contributed by atoms with Crippen LogP contribution in [0.5, 0.6) is 0 Å². The van der Waals surface area contributed by atoms with Gasteiger partial charge < -0.3 is 4.57 Å². The third-order valence-electron chi connectivity index (χ3n) is 3.52. The van der Waals surface area contributed by atoms with Crippen molar-refractivity contribution in [2.75, 3.05) is 0 Å². The first-order valence-electron chi connectivity index (χ1n) is 6.23. The summed E-state index contributed by atoms with van der Waals surface area (Å²) in [5, 5.41) is 0. The molecule has 2 rings (SSSR count). The molecular weight excluding hydrogens is 288 g/mol. The molecule has 2 aromatic rings. The van der Waals surface area contributed by atoms with Gasteiger partial charge in [-0.25, -0.2) is 4.98 Å². The molecule has 1 heterocycles. The first-order valence-corrected chi connectivity index (χ1v) is 7.02. The SMILES string of the molecule is Cc1ccc(C)c(CCc2c(Br)nc(C)n2C)c1. The minimum Gasteiger partial charge on any atom is -0.334 e. The fourth-order valence-electron chi connectivity index (χ4n) is 2.21. The number of halogens is 1. The molecule has 0 spiro atoms. The molecule has 0 unspecified atom stereocenters. The van der Waals surface area contributed by atoms with Crippen LogP contribution in [0.15, 0.2) is 22.8 Å². The number of imidazole rings is 1. The van der Waals surface area contributed by atoms with Crippen molar-refractivity contribution in [3.05, 3.63) is 51.0 Å². The standard InChI is InChI=1S/C15H19BrN2/c1-10-5-6-11(2)13(9-10)7-8-14-15(16)17-12(3)18(14)4/h5-6,9H,7-8H2,1-4H3. The van der Waals surface area contributed by atoms with Crippen molar-refractivity contribution in [3.63, 3.8) is 0 Å². The van der Waals surface area contributed by atoms with E-state index in [9.17, 15) is 0 Å². The maximum Gasteiger partial charge on any atom is 0.127 e. The number of aryl methyl sites for hydroxylation is 4. The lowest BCUT2D eigenvalue weighted by atomic mass is 10.0. The summed E-state index contributed by atoms with van der Waals surface area (Å²) >= 11 is 3.54. The highest BCUT2D eigenvalue weighted by Gasteiger charge is 2.10. The van der Waals surface area contributed by atoms with Crippen LogP contribution in [0.3, 0.4) is 0 Å². The Morgan fingerprint density at radius 1 is 1.17 bits per heavy atom. The Morgan fingerprint density at radius 2 is 1.89 bits per heavy atom. The van der Waals surface area contributed by atoms with E-state index in [4.69, 9.17) is 0 Å². The van der Waals surface area contributed by atoms with Gasteiger partial charge in [-0.3, -0.25) is 0 Å². The fraction of sp³-hybridized carbons (Fsp3) is 0.400. The van der Waals surface area contributed by atoms with Gasteiger partial charge in [0.1, 0.15) is 10.4 Å². The maximum atomic E-state index is 4.44. The molecule has 0 fully saturated rings. The maximum absolute atomic E-state index is 4.44. The lowest BCUT2D eigenvalue weighted by molar-refractivity contribution is 0.769. The number of nitrogens with zero attached hydrogens (tertiary/aromatic N) is 2. The minimum absolute atomic E-state index is 0.979. The average Bonchev–Trinajstić information content (AvgIpc) is 2.55. The number of benzene rings is 1. The van der Waals surface area contributed by atoms with Crippen LogP contribution in [-0.4, -0.2) is 9.55 Å². The molecule has 2 nitrogen and oxygen atoms in total. The zero-order valence-electron chi connectivity index (χ0n) is 11.4. The van der Waals surface area contributed by atoms with Crippen molar-refractivity contribution in [2.45, 2.75) is 33.6 Å². The predicted molar refractivity (Wildman–Crippen MR) is 79.0 cm³/mol. The quantitative estimate of drug-likeness (QED) is 0.841. The summed E-state index contributed by atoms with van der Waals surface area (Å²) in [5.74, 6) is 1.05. The molecule has 18 heavy (non-hydrogen) atoms. The molecule has 0 aliphatic carbocycles. The topological polar surface area (TPSA) is 17.8 Å². The van der Waals surface area contributed by atoms with Crippen molar-refractivity contribution in [3.8, 4) is 0 Å². The van der Waals surface area contributed by atoms with Crippen LogP contribution < -0.4 is 0 Å². The number of hydrogen-bond donors (Lipinski definition) is 0. The lowest BCUT2D eigenvalue weighted by Crippen LogP contribution is -2.02. The molecule has 0 saturated carbocycles. The van der Waals surface area contributed by atoms with Gasteiger partial charge in [0.15, 0.2) is 0 Å². The molecule has 3 heteroatoms. The van der Waals surface area contributed by atoms with Gasteiger partial charge in [0, 0.05) is 7.05 Å². The first kappa shape index (κ1) is 13.3. The number of rotatable bonds is 3. The smallest absolute Gasteiger partial charge is 0.127 e. The van der Waals surface area contributed by atoms with Gasteiger partial charge in [-0.15, -0.1) is 0 Å². The van der Waals surface area contributed by atoms with Gasteiger partial charge in [-0.1, -0.05) is 23.8 Å². The molecule has 96 valence electrons. The third-order valence-corrected chi connectivity index (χ3v) is 4.16. The van der Waals surface area contributed by atoms with E-state index >= 15 is 0 Å². The molecule has 0 bridgehead atoms.